The molecule has 0 unspecified atom stereocenters. The van der Waals surface area contributed by atoms with Gasteiger partial charge in [-0.15, -0.1) is 0 Å². The summed E-state index contributed by atoms with van der Waals surface area (Å²) in [5.41, 5.74) is 3.44. The molecule has 4 heteroatoms. The van der Waals surface area contributed by atoms with Crippen molar-refractivity contribution in [3.05, 3.63) is 45.5 Å². The molecule has 0 aliphatic heterocycles. The van der Waals surface area contributed by atoms with E-state index >= 15 is 0 Å². The minimum atomic E-state index is 0.0469. The highest BCUT2D eigenvalue weighted by Gasteiger charge is 2.08. The van der Waals surface area contributed by atoms with Gasteiger partial charge in [-0.05, 0) is 31.9 Å². The molecular formula is C12H13BrN2O. The lowest BCUT2D eigenvalue weighted by molar-refractivity contribution is 0.937. The molecule has 0 aromatic carbocycles. The van der Waals surface area contributed by atoms with E-state index in [1.165, 1.54) is 0 Å². The standard InChI is InChI=1S/C12H13BrN2O/c1-8-3-4-11-14-9(2)10(5-6-13)12(16)15(11)7-8/h3-4,7H,5-6H2,1-2H3. The van der Waals surface area contributed by atoms with Crippen molar-refractivity contribution >= 4 is 21.6 Å². The third kappa shape index (κ3) is 1.89. The smallest absolute Gasteiger partial charge is 0.261 e. The minimum absolute atomic E-state index is 0.0469. The molecule has 0 aliphatic rings. The van der Waals surface area contributed by atoms with Gasteiger partial charge in [0.05, 0.1) is 0 Å². The van der Waals surface area contributed by atoms with Crippen molar-refractivity contribution in [1.29, 1.82) is 0 Å². The summed E-state index contributed by atoms with van der Waals surface area (Å²) in [6, 6.07) is 3.84. The van der Waals surface area contributed by atoms with Crippen molar-refractivity contribution in [2.24, 2.45) is 0 Å². The fraction of sp³-hybridized carbons (Fsp3) is 0.333. The zero-order valence-corrected chi connectivity index (χ0v) is 10.9. The van der Waals surface area contributed by atoms with Gasteiger partial charge in [-0.3, -0.25) is 9.20 Å². The average molecular weight is 281 g/mol. The summed E-state index contributed by atoms with van der Waals surface area (Å²) in [5.74, 6) is 0. The van der Waals surface area contributed by atoms with Gasteiger partial charge < -0.3 is 0 Å². The van der Waals surface area contributed by atoms with Crippen LogP contribution in [-0.4, -0.2) is 14.7 Å². The van der Waals surface area contributed by atoms with Crippen molar-refractivity contribution in [1.82, 2.24) is 9.38 Å². The molecule has 0 radical (unpaired) electrons. The predicted octanol–water partition coefficient (Wildman–Crippen LogP) is 2.25. The predicted molar refractivity (Wildman–Crippen MR) is 68.4 cm³/mol. The molecule has 0 saturated carbocycles. The largest absolute Gasteiger partial charge is 0.269 e. The van der Waals surface area contributed by atoms with E-state index in [1.807, 2.05) is 32.2 Å². The van der Waals surface area contributed by atoms with E-state index in [-0.39, 0.29) is 5.56 Å². The first-order valence-corrected chi connectivity index (χ1v) is 6.30. The van der Waals surface area contributed by atoms with Crippen LogP contribution in [0.25, 0.3) is 5.65 Å². The Labute approximate surface area is 102 Å². The summed E-state index contributed by atoms with van der Waals surface area (Å²) in [6.45, 7) is 3.86. The Morgan fingerprint density at radius 1 is 1.38 bits per heavy atom. The van der Waals surface area contributed by atoms with Crippen molar-refractivity contribution < 1.29 is 0 Å². The van der Waals surface area contributed by atoms with Crippen LogP contribution in [0.1, 0.15) is 16.8 Å². The number of alkyl halides is 1. The highest BCUT2D eigenvalue weighted by atomic mass is 79.9. The van der Waals surface area contributed by atoms with Crippen LogP contribution in [0.4, 0.5) is 0 Å². The van der Waals surface area contributed by atoms with E-state index in [1.54, 1.807) is 4.40 Å². The van der Waals surface area contributed by atoms with Gasteiger partial charge in [0.15, 0.2) is 0 Å². The van der Waals surface area contributed by atoms with Gasteiger partial charge in [0.25, 0.3) is 5.56 Å². The Morgan fingerprint density at radius 3 is 2.81 bits per heavy atom. The zero-order chi connectivity index (χ0) is 11.7. The lowest BCUT2D eigenvalue weighted by atomic mass is 10.2. The second-order valence-electron chi connectivity index (χ2n) is 3.85. The molecule has 2 aromatic rings. The highest BCUT2D eigenvalue weighted by molar-refractivity contribution is 9.09. The molecule has 0 amide bonds. The van der Waals surface area contributed by atoms with Crippen LogP contribution in [0.5, 0.6) is 0 Å². The summed E-state index contributed by atoms with van der Waals surface area (Å²) >= 11 is 3.36. The van der Waals surface area contributed by atoms with E-state index < -0.39 is 0 Å². The van der Waals surface area contributed by atoms with Crippen molar-refractivity contribution in [2.45, 2.75) is 20.3 Å². The fourth-order valence-electron chi connectivity index (χ4n) is 1.77. The van der Waals surface area contributed by atoms with E-state index in [0.717, 1.165) is 22.2 Å². The van der Waals surface area contributed by atoms with Gasteiger partial charge in [0.2, 0.25) is 0 Å². The minimum Gasteiger partial charge on any atom is -0.269 e. The summed E-state index contributed by atoms with van der Waals surface area (Å²) in [4.78, 5) is 16.6. The number of rotatable bonds is 2. The molecule has 3 nitrogen and oxygen atoms in total. The van der Waals surface area contributed by atoms with Crippen LogP contribution in [0.3, 0.4) is 0 Å². The third-order valence-electron chi connectivity index (χ3n) is 2.62. The van der Waals surface area contributed by atoms with Gasteiger partial charge >= 0.3 is 0 Å². The Morgan fingerprint density at radius 2 is 2.12 bits per heavy atom. The molecule has 0 saturated heterocycles. The Balaban J connectivity index is 2.80. The van der Waals surface area contributed by atoms with Crippen LogP contribution in [0.15, 0.2) is 23.1 Å². The molecule has 16 heavy (non-hydrogen) atoms. The summed E-state index contributed by atoms with van der Waals surface area (Å²) in [6.07, 6.45) is 2.55. The second kappa shape index (κ2) is 4.37. The summed E-state index contributed by atoms with van der Waals surface area (Å²) in [7, 11) is 0. The summed E-state index contributed by atoms with van der Waals surface area (Å²) < 4.78 is 1.63. The Bertz CT molecular complexity index is 589. The van der Waals surface area contributed by atoms with Gasteiger partial charge in [0, 0.05) is 22.8 Å². The molecule has 0 atom stereocenters. The lowest BCUT2D eigenvalue weighted by Crippen LogP contribution is -2.22. The number of pyridine rings is 1. The zero-order valence-electron chi connectivity index (χ0n) is 9.33. The second-order valence-corrected chi connectivity index (χ2v) is 4.65. The van der Waals surface area contributed by atoms with Crippen LogP contribution in [0.2, 0.25) is 0 Å². The molecule has 0 fully saturated rings. The van der Waals surface area contributed by atoms with Crippen LogP contribution in [-0.2, 0) is 6.42 Å². The number of aromatic nitrogens is 2. The first kappa shape index (κ1) is 11.3. The number of nitrogens with zero attached hydrogens (tertiary/aromatic N) is 2. The Hall–Kier alpha value is -1.16. The molecule has 84 valence electrons. The number of halogens is 1. The van der Waals surface area contributed by atoms with Crippen molar-refractivity contribution in [2.75, 3.05) is 5.33 Å². The molecule has 2 aromatic heterocycles. The number of aryl methyl sites for hydroxylation is 2. The molecule has 0 bridgehead atoms. The normalized spacial score (nSPS) is 10.9. The van der Waals surface area contributed by atoms with Crippen molar-refractivity contribution in [3.63, 3.8) is 0 Å². The van der Waals surface area contributed by atoms with Crippen LogP contribution in [0, 0.1) is 13.8 Å². The van der Waals surface area contributed by atoms with Gasteiger partial charge in [-0.25, -0.2) is 4.98 Å². The number of fused-ring (bicyclic) bond motifs is 1. The SMILES string of the molecule is Cc1ccc2nc(C)c(CCBr)c(=O)n2c1. The monoisotopic (exact) mass is 280 g/mol. The first-order chi connectivity index (χ1) is 7.63. The molecular weight excluding hydrogens is 268 g/mol. The average Bonchev–Trinajstić information content (AvgIpc) is 2.26. The molecule has 0 aliphatic carbocycles. The van der Waals surface area contributed by atoms with Crippen molar-refractivity contribution in [3.8, 4) is 0 Å². The van der Waals surface area contributed by atoms with E-state index in [9.17, 15) is 4.79 Å². The molecule has 2 heterocycles. The van der Waals surface area contributed by atoms with E-state index in [2.05, 4.69) is 20.9 Å². The maximum absolute atomic E-state index is 12.2. The van der Waals surface area contributed by atoms with Gasteiger partial charge in [0.1, 0.15) is 5.65 Å². The van der Waals surface area contributed by atoms with Gasteiger partial charge in [-0.1, -0.05) is 22.0 Å². The molecule has 2 rings (SSSR count). The fourth-order valence-corrected chi connectivity index (χ4v) is 2.17. The maximum Gasteiger partial charge on any atom is 0.261 e. The molecule has 0 spiro atoms. The summed E-state index contributed by atoms with van der Waals surface area (Å²) in [5, 5.41) is 0.780. The van der Waals surface area contributed by atoms with Gasteiger partial charge in [-0.2, -0.15) is 0 Å². The quantitative estimate of drug-likeness (QED) is 0.791. The van der Waals surface area contributed by atoms with Crippen LogP contribution >= 0.6 is 15.9 Å². The van der Waals surface area contributed by atoms with E-state index in [4.69, 9.17) is 0 Å². The van der Waals surface area contributed by atoms with E-state index in [0.29, 0.717) is 12.1 Å². The number of hydrogen-bond acceptors (Lipinski definition) is 2. The first-order valence-electron chi connectivity index (χ1n) is 5.18. The lowest BCUT2D eigenvalue weighted by Gasteiger charge is -2.07. The molecule has 0 N–H and O–H groups in total. The third-order valence-corrected chi connectivity index (χ3v) is 3.01. The highest BCUT2D eigenvalue weighted by Crippen LogP contribution is 2.07. The number of hydrogen-bond donors (Lipinski definition) is 0. The topological polar surface area (TPSA) is 34.4 Å². The van der Waals surface area contributed by atoms with Crippen LogP contribution < -0.4 is 5.56 Å². The maximum atomic E-state index is 12.2. The Kier molecular flexibility index (Phi) is 3.10.